The fourth-order valence-electron chi connectivity index (χ4n) is 5.09. The maximum Gasteiger partial charge on any atom is 0.227 e. The molecule has 0 unspecified atom stereocenters. The lowest BCUT2D eigenvalue weighted by Gasteiger charge is -2.40. The Kier molecular flexibility index (Phi) is 4.71. The van der Waals surface area contributed by atoms with Gasteiger partial charge < -0.3 is 9.64 Å². The van der Waals surface area contributed by atoms with Crippen molar-refractivity contribution in [2.45, 2.75) is 44.7 Å². The van der Waals surface area contributed by atoms with Crippen LogP contribution in [0, 0.1) is 11.8 Å². The summed E-state index contributed by atoms with van der Waals surface area (Å²) in [5.41, 5.74) is 1.97. The Balaban J connectivity index is 1.35. The van der Waals surface area contributed by atoms with E-state index in [1.165, 1.54) is 19.3 Å². The molecule has 4 heterocycles. The molecule has 1 aromatic heterocycles. The van der Waals surface area contributed by atoms with E-state index >= 15 is 0 Å². The minimum Gasteiger partial charge on any atom is -0.494 e. The number of benzene rings is 1. The molecule has 5 nitrogen and oxygen atoms in total. The van der Waals surface area contributed by atoms with Gasteiger partial charge >= 0.3 is 0 Å². The third-order valence-electron chi connectivity index (χ3n) is 6.90. The molecule has 1 amide bonds. The molecule has 0 radical (unpaired) electrons. The Hall–Kier alpha value is -2.14. The highest BCUT2D eigenvalue weighted by atomic mass is 16.5. The number of fused-ring (bicyclic) bond motifs is 5. The summed E-state index contributed by atoms with van der Waals surface area (Å²) in [5.74, 6) is 2.12. The summed E-state index contributed by atoms with van der Waals surface area (Å²) in [7, 11) is 1.69. The van der Waals surface area contributed by atoms with Gasteiger partial charge in [0, 0.05) is 37.6 Å². The molecule has 4 aliphatic rings. The van der Waals surface area contributed by atoms with Gasteiger partial charge in [-0.1, -0.05) is 24.6 Å². The van der Waals surface area contributed by atoms with E-state index in [1.807, 2.05) is 12.1 Å². The number of piperidine rings is 1. The molecule has 6 rings (SSSR count). The van der Waals surface area contributed by atoms with E-state index in [2.05, 4.69) is 28.0 Å². The van der Waals surface area contributed by atoms with Crippen LogP contribution in [0.15, 0.2) is 30.3 Å². The normalized spacial score (nSPS) is 25.8. The Labute approximate surface area is 166 Å². The molecule has 28 heavy (non-hydrogen) atoms. The molecule has 2 bridgehead atoms. The summed E-state index contributed by atoms with van der Waals surface area (Å²) in [6, 6.07) is 10.6. The van der Waals surface area contributed by atoms with Crippen LogP contribution in [0.5, 0.6) is 5.75 Å². The maximum atomic E-state index is 13.0. The van der Waals surface area contributed by atoms with Crippen molar-refractivity contribution in [2.24, 2.45) is 11.8 Å². The van der Waals surface area contributed by atoms with Gasteiger partial charge in [-0.3, -0.25) is 9.69 Å². The van der Waals surface area contributed by atoms with Crippen molar-refractivity contribution in [3.63, 3.8) is 0 Å². The van der Waals surface area contributed by atoms with Gasteiger partial charge in [0.1, 0.15) is 11.3 Å². The van der Waals surface area contributed by atoms with Crippen LogP contribution in [0.25, 0.3) is 10.9 Å². The second-order valence-electron chi connectivity index (χ2n) is 8.74. The van der Waals surface area contributed by atoms with Crippen LogP contribution >= 0.6 is 0 Å². The maximum absolute atomic E-state index is 13.0. The highest BCUT2D eigenvalue weighted by Gasteiger charge is 2.41. The lowest BCUT2D eigenvalue weighted by molar-refractivity contribution is -0.141. The molecule has 4 fully saturated rings. The topological polar surface area (TPSA) is 45.7 Å². The van der Waals surface area contributed by atoms with Crippen LogP contribution < -0.4 is 4.74 Å². The van der Waals surface area contributed by atoms with Crippen LogP contribution in [0.1, 0.15) is 37.8 Å². The van der Waals surface area contributed by atoms with Gasteiger partial charge in [-0.2, -0.15) is 0 Å². The molecule has 0 N–H and O–H groups in total. The summed E-state index contributed by atoms with van der Waals surface area (Å²) in [4.78, 5) is 22.6. The first-order valence-electron chi connectivity index (χ1n) is 10.7. The van der Waals surface area contributed by atoms with Gasteiger partial charge in [-0.05, 0) is 43.7 Å². The van der Waals surface area contributed by atoms with Gasteiger partial charge in [-0.15, -0.1) is 0 Å². The average molecular weight is 380 g/mol. The molecule has 3 aliphatic heterocycles. The van der Waals surface area contributed by atoms with Crippen LogP contribution in [0.4, 0.5) is 0 Å². The zero-order valence-corrected chi connectivity index (χ0v) is 16.6. The van der Waals surface area contributed by atoms with Gasteiger partial charge in [0.15, 0.2) is 0 Å². The van der Waals surface area contributed by atoms with Gasteiger partial charge in [-0.25, -0.2) is 4.98 Å². The lowest BCUT2D eigenvalue weighted by atomic mass is 9.83. The first-order valence-corrected chi connectivity index (χ1v) is 10.7. The molecular formula is C23H29N3O2. The van der Waals surface area contributed by atoms with Crippen LogP contribution in [0.3, 0.4) is 0 Å². The summed E-state index contributed by atoms with van der Waals surface area (Å²) in [6.45, 7) is 3.62. The second kappa shape index (κ2) is 7.36. The molecule has 1 aromatic carbocycles. The van der Waals surface area contributed by atoms with Crippen molar-refractivity contribution in [3.8, 4) is 5.75 Å². The monoisotopic (exact) mass is 379 g/mol. The smallest absolute Gasteiger partial charge is 0.227 e. The van der Waals surface area contributed by atoms with Crippen molar-refractivity contribution in [1.82, 2.24) is 14.8 Å². The number of nitrogens with zero attached hydrogens (tertiary/aromatic N) is 3. The molecule has 1 saturated carbocycles. The van der Waals surface area contributed by atoms with E-state index in [9.17, 15) is 4.79 Å². The van der Waals surface area contributed by atoms with Gasteiger partial charge in [0.25, 0.3) is 0 Å². The number of methoxy groups -OCH3 is 1. The quantitative estimate of drug-likeness (QED) is 0.798. The summed E-state index contributed by atoms with van der Waals surface area (Å²) in [6.07, 6.45) is 6.13. The van der Waals surface area contributed by atoms with E-state index in [-0.39, 0.29) is 5.92 Å². The Bertz CT molecular complexity index is 879. The third-order valence-corrected chi connectivity index (χ3v) is 6.90. The largest absolute Gasteiger partial charge is 0.494 e. The summed E-state index contributed by atoms with van der Waals surface area (Å²) >= 11 is 0. The van der Waals surface area contributed by atoms with Crippen molar-refractivity contribution in [2.75, 3.05) is 26.7 Å². The minimum atomic E-state index is 0.161. The Morgan fingerprint density at radius 3 is 2.79 bits per heavy atom. The molecule has 3 saturated heterocycles. The number of hydrogen-bond donors (Lipinski definition) is 0. The zero-order valence-electron chi connectivity index (χ0n) is 16.6. The molecular weight excluding hydrogens is 350 g/mol. The number of carbonyl (C=O) groups excluding carboxylic acids is 1. The van der Waals surface area contributed by atoms with Gasteiger partial charge in [0.05, 0.1) is 18.7 Å². The number of pyridine rings is 1. The van der Waals surface area contributed by atoms with Crippen molar-refractivity contribution in [1.29, 1.82) is 0 Å². The Morgan fingerprint density at radius 1 is 1.11 bits per heavy atom. The molecule has 1 aliphatic carbocycles. The third kappa shape index (κ3) is 3.26. The second-order valence-corrected chi connectivity index (χ2v) is 8.74. The first-order chi connectivity index (χ1) is 13.7. The molecule has 2 aromatic rings. The van der Waals surface area contributed by atoms with Crippen molar-refractivity contribution < 1.29 is 9.53 Å². The summed E-state index contributed by atoms with van der Waals surface area (Å²) < 4.78 is 5.49. The number of rotatable bonds is 5. The summed E-state index contributed by atoms with van der Waals surface area (Å²) in [5, 5.41) is 1.10. The average Bonchev–Trinajstić information content (AvgIpc) is 2.94. The predicted octanol–water partition coefficient (Wildman–Crippen LogP) is 3.47. The van der Waals surface area contributed by atoms with Gasteiger partial charge in [0.2, 0.25) is 5.91 Å². The molecule has 5 heteroatoms. The van der Waals surface area contributed by atoms with E-state index in [0.29, 0.717) is 11.9 Å². The standard InChI is InChI=1S/C23H29N3O2/c1-28-21-7-3-6-17-8-10-19(24-22(17)21)14-25-13-18-9-11-20(15-25)26(23(18)27)12-16-4-2-5-16/h3,6-8,10,16,18,20H,2,4-5,9,11-15H2,1H3/t18-,20+/m0/s1. The van der Waals surface area contributed by atoms with E-state index in [4.69, 9.17) is 9.72 Å². The number of carbonyl (C=O) groups is 1. The van der Waals surface area contributed by atoms with E-state index in [0.717, 1.165) is 67.3 Å². The molecule has 2 atom stereocenters. The van der Waals surface area contributed by atoms with Crippen LogP contribution in [-0.2, 0) is 11.3 Å². The number of amides is 1. The Morgan fingerprint density at radius 2 is 2.00 bits per heavy atom. The SMILES string of the molecule is COc1cccc2ccc(CN3C[C@@H]4CC[C@H](C3)N(CC3CCC3)C4=O)nc12. The fourth-order valence-corrected chi connectivity index (χ4v) is 5.09. The van der Waals surface area contributed by atoms with Crippen LogP contribution in [0.2, 0.25) is 0 Å². The van der Waals surface area contributed by atoms with E-state index < -0.39 is 0 Å². The lowest BCUT2D eigenvalue weighted by Crippen LogP contribution is -2.50. The highest BCUT2D eigenvalue weighted by Crippen LogP contribution is 2.34. The predicted molar refractivity (Wildman–Crippen MR) is 109 cm³/mol. The molecule has 148 valence electrons. The molecule has 0 spiro atoms. The first kappa shape index (κ1) is 17.9. The van der Waals surface area contributed by atoms with Crippen molar-refractivity contribution in [3.05, 3.63) is 36.0 Å². The van der Waals surface area contributed by atoms with Crippen molar-refractivity contribution >= 4 is 16.8 Å². The number of ether oxygens (including phenoxy) is 1. The zero-order chi connectivity index (χ0) is 19.1. The minimum absolute atomic E-state index is 0.161. The van der Waals surface area contributed by atoms with E-state index in [1.54, 1.807) is 7.11 Å². The number of hydrogen-bond acceptors (Lipinski definition) is 4. The number of para-hydroxylation sites is 1. The fraction of sp³-hybridized carbons (Fsp3) is 0.565. The number of aromatic nitrogens is 1. The highest BCUT2D eigenvalue weighted by molar-refractivity contribution is 5.84. The van der Waals surface area contributed by atoms with Crippen LogP contribution in [-0.4, -0.2) is 53.5 Å².